The van der Waals surface area contributed by atoms with Crippen LogP contribution >= 0.6 is 11.3 Å². The van der Waals surface area contributed by atoms with E-state index in [4.69, 9.17) is 9.47 Å². The minimum absolute atomic E-state index is 0.115. The van der Waals surface area contributed by atoms with Crippen LogP contribution in [0.5, 0.6) is 5.75 Å². The second-order valence-electron chi connectivity index (χ2n) is 7.41. The van der Waals surface area contributed by atoms with Crippen molar-refractivity contribution in [2.75, 3.05) is 13.7 Å². The molecule has 0 saturated carbocycles. The minimum Gasteiger partial charge on any atom is -0.497 e. The molecular weight excluding hydrogens is 458 g/mol. The highest BCUT2D eigenvalue weighted by Crippen LogP contribution is 2.33. The molecule has 0 amide bonds. The number of non-ortho nitro benzene ring substituents is 1. The van der Waals surface area contributed by atoms with Gasteiger partial charge in [0.05, 0.1) is 28.7 Å². The first-order chi connectivity index (χ1) is 16.3. The van der Waals surface area contributed by atoms with Gasteiger partial charge in [0.1, 0.15) is 11.8 Å². The number of carbonyl (C=O) groups excluding carboxylic acids is 1. The molecular formula is C24H21N3O6S. The summed E-state index contributed by atoms with van der Waals surface area (Å²) >= 11 is 1.18. The summed E-state index contributed by atoms with van der Waals surface area (Å²) in [6.07, 6.45) is 1.74. The summed E-state index contributed by atoms with van der Waals surface area (Å²) in [7, 11) is 1.58. The predicted molar refractivity (Wildman–Crippen MR) is 127 cm³/mol. The van der Waals surface area contributed by atoms with Crippen molar-refractivity contribution in [3.63, 3.8) is 0 Å². The Balaban J connectivity index is 1.92. The van der Waals surface area contributed by atoms with Gasteiger partial charge in [-0.2, -0.15) is 0 Å². The number of hydrogen-bond acceptors (Lipinski definition) is 8. The molecule has 0 bridgehead atoms. The molecule has 0 saturated heterocycles. The standard InChI is InChI=1S/C24H21N3O6S/c1-4-33-23(29)20-14(2)26-22(28)19(12-15-8-10-18(32-3)11-9-15)34-24(26)25-21(20)16-6-5-7-17(13-16)27(30)31/h5-13,21H,4H2,1-3H3/b19-12-/t21-/m0/s1. The average Bonchev–Trinajstić information content (AvgIpc) is 3.14. The number of nitrogens with zero attached hydrogens (tertiary/aromatic N) is 3. The van der Waals surface area contributed by atoms with E-state index >= 15 is 0 Å². The summed E-state index contributed by atoms with van der Waals surface area (Å²) in [5, 5.41) is 11.3. The molecule has 1 atom stereocenters. The maximum absolute atomic E-state index is 13.2. The lowest BCUT2D eigenvalue weighted by Gasteiger charge is -2.22. The van der Waals surface area contributed by atoms with E-state index in [0.717, 1.165) is 5.56 Å². The number of fused-ring (bicyclic) bond motifs is 1. The van der Waals surface area contributed by atoms with E-state index in [0.29, 0.717) is 26.3 Å². The fraction of sp³-hybridized carbons (Fsp3) is 0.208. The van der Waals surface area contributed by atoms with Crippen molar-refractivity contribution in [1.29, 1.82) is 0 Å². The van der Waals surface area contributed by atoms with E-state index in [2.05, 4.69) is 4.99 Å². The van der Waals surface area contributed by atoms with Crippen LogP contribution < -0.4 is 19.6 Å². The number of allylic oxidation sites excluding steroid dienone is 1. The number of hydrogen-bond donors (Lipinski definition) is 0. The Morgan fingerprint density at radius 1 is 1.26 bits per heavy atom. The third-order valence-electron chi connectivity index (χ3n) is 5.35. The molecule has 3 aromatic rings. The van der Waals surface area contributed by atoms with Crippen LogP contribution in [0.4, 0.5) is 5.69 Å². The average molecular weight is 480 g/mol. The molecule has 174 valence electrons. The summed E-state index contributed by atoms with van der Waals surface area (Å²) in [6.45, 7) is 3.47. The van der Waals surface area contributed by atoms with E-state index in [-0.39, 0.29) is 23.4 Å². The number of carbonyl (C=O) groups is 1. The van der Waals surface area contributed by atoms with E-state index in [1.54, 1.807) is 51.3 Å². The van der Waals surface area contributed by atoms with Gasteiger partial charge in [0, 0.05) is 17.8 Å². The molecule has 0 N–H and O–H groups in total. The second kappa shape index (κ2) is 9.44. The molecule has 4 rings (SSSR count). The number of esters is 1. The Morgan fingerprint density at radius 2 is 2.00 bits per heavy atom. The minimum atomic E-state index is -0.842. The molecule has 10 heteroatoms. The summed E-state index contributed by atoms with van der Waals surface area (Å²) < 4.78 is 12.2. The van der Waals surface area contributed by atoms with Gasteiger partial charge in [-0.1, -0.05) is 35.6 Å². The molecule has 1 aromatic heterocycles. The van der Waals surface area contributed by atoms with Gasteiger partial charge in [-0.3, -0.25) is 19.5 Å². The van der Waals surface area contributed by atoms with Gasteiger partial charge < -0.3 is 9.47 Å². The lowest BCUT2D eigenvalue weighted by molar-refractivity contribution is -0.384. The van der Waals surface area contributed by atoms with Gasteiger partial charge in [0.2, 0.25) is 0 Å². The zero-order chi connectivity index (χ0) is 24.4. The van der Waals surface area contributed by atoms with E-state index in [9.17, 15) is 19.7 Å². The second-order valence-corrected chi connectivity index (χ2v) is 8.42. The van der Waals surface area contributed by atoms with Gasteiger partial charge in [0.15, 0.2) is 4.80 Å². The van der Waals surface area contributed by atoms with E-state index in [1.807, 2.05) is 12.1 Å². The van der Waals surface area contributed by atoms with Crippen LogP contribution in [0.25, 0.3) is 11.8 Å². The number of nitro benzene ring substituents is 1. The molecule has 0 fully saturated rings. The molecule has 2 heterocycles. The molecule has 9 nitrogen and oxygen atoms in total. The van der Waals surface area contributed by atoms with Crippen molar-refractivity contribution in [3.8, 4) is 5.75 Å². The molecule has 0 radical (unpaired) electrons. The van der Waals surface area contributed by atoms with Crippen molar-refractivity contribution in [2.24, 2.45) is 4.99 Å². The van der Waals surface area contributed by atoms with Crippen LogP contribution in [0.3, 0.4) is 0 Å². The lowest BCUT2D eigenvalue weighted by Crippen LogP contribution is -2.35. The lowest BCUT2D eigenvalue weighted by atomic mass is 9.96. The summed E-state index contributed by atoms with van der Waals surface area (Å²) in [5.41, 5.74) is 1.40. The first-order valence-corrected chi connectivity index (χ1v) is 11.2. The highest BCUT2D eigenvalue weighted by Gasteiger charge is 2.32. The fourth-order valence-electron chi connectivity index (χ4n) is 3.72. The maximum atomic E-state index is 13.2. The van der Waals surface area contributed by atoms with Crippen molar-refractivity contribution in [3.05, 3.63) is 95.0 Å². The molecule has 0 unspecified atom stereocenters. The Bertz CT molecular complexity index is 1480. The van der Waals surface area contributed by atoms with Crippen LogP contribution in [0.1, 0.15) is 31.0 Å². The van der Waals surface area contributed by atoms with E-state index < -0.39 is 16.9 Å². The van der Waals surface area contributed by atoms with Gasteiger partial charge in [-0.15, -0.1) is 0 Å². The van der Waals surface area contributed by atoms with Crippen molar-refractivity contribution >= 4 is 34.8 Å². The number of nitro groups is 1. The molecule has 0 spiro atoms. The summed E-state index contributed by atoms with van der Waals surface area (Å²) in [4.78, 5) is 42.0. The fourth-order valence-corrected chi connectivity index (χ4v) is 4.76. The highest BCUT2D eigenvalue weighted by atomic mass is 32.1. The Kier molecular flexibility index (Phi) is 6.42. The Morgan fingerprint density at radius 3 is 2.65 bits per heavy atom. The Hall–Kier alpha value is -4.05. The molecule has 0 aliphatic carbocycles. The van der Waals surface area contributed by atoms with Crippen molar-refractivity contribution < 1.29 is 19.2 Å². The van der Waals surface area contributed by atoms with Crippen LogP contribution in [-0.4, -0.2) is 29.2 Å². The van der Waals surface area contributed by atoms with Gasteiger partial charge in [-0.25, -0.2) is 9.79 Å². The molecule has 1 aliphatic rings. The summed E-state index contributed by atoms with van der Waals surface area (Å²) in [5.74, 6) is 0.0803. The monoisotopic (exact) mass is 479 g/mol. The quantitative estimate of drug-likeness (QED) is 0.305. The number of rotatable bonds is 6. The first kappa shape index (κ1) is 23.1. The predicted octanol–water partition coefficient (Wildman–Crippen LogP) is 2.82. The third-order valence-corrected chi connectivity index (χ3v) is 6.33. The molecule has 34 heavy (non-hydrogen) atoms. The normalized spacial score (nSPS) is 15.5. The van der Waals surface area contributed by atoms with Gasteiger partial charge >= 0.3 is 5.97 Å². The number of benzene rings is 2. The van der Waals surface area contributed by atoms with Crippen LogP contribution in [0.15, 0.2) is 63.9 Å². The highest BCUT2D eigenvalue weighted by molar-refractivity contribution is 7.07. The van der Waals surface area contributed by atoms with Crippen LogP contribution in [-0.2, 0) is 9.53 Å². The Labute approximate surface area is 198 Å². The topological polar surface area (TPSA) is 113 Å². The van der Waals surface area contributed by atoms with Crippen molar-refractivity contribution in [1.82, 2.24) is 4.57 Å². The maximum Gasteiger partial charge on any atom is 0.338 e. The number of ether oxygens (including phenoxy) is 2. The van der Waals surface area contributed by atoms with E-state index in [1.165, 1.54) is 28.0 Å². The zero-order valence-corrected chi connectivity index (χ0v) is 19.5. The SMILES string of the molecule is CCOC(=O)C1=C(C)n2c(s/c(=C\c3ccc(OC)cc3)c2=O)=N[C@H]1c1cccc([N+](=O)[O-])c1. The van der Waals surface area contributed by atoms with Crippen LogP contribution in [0.2, 0.25) is 0 Å². The molecule has 2 aromatic carbocycles. The first-order valence-electron chi connectivity index (χ1n) is 10.4. The smallest absolute Gasteiger partial charge is 0.338 e. The number of thiazole rings is 1. The number of aromatic nitrogens is 1. The third kappa shape index (κ3) is 4.27. The summed E-state index contributed by atoms with van der Waals surface area (Å²) in [6, 6.07) is 12.4. The van der Waals surface area contributed by atoms with Gasteiger partial charge in [0.25, 0.3) is 11.2 Å². The largest absolute Gasteiger partial charge is 0.497 e. The van der Waals surface area contributed by atoms with Gasteiger partial charge in [-0.05, 0) is 43.2 Å². The number of methoxy groups -OCH3 is 1. The molecule has 1 aliphatic heterocycles. The van der Waals surface area contributed by atoms with Crippen LogP contribution in [0, 0.1) is 10.1 Å². The zero-order valence-electron chi connectivity index (χ0n) is 18.7. The van der Waals surface area contributed by atoms with Crippen molar-refractivity contribution in [2.45, 2.75) is 19.9 Å².